The van der Waals surface area contributed by atoms with Crippen molar-refractivity contribution in [3.63, 3.8) is 0 Å². The Kier molecular flexibility index (Phi) is 5.62. The summed E-state index contributed by atoms with van der Waals surface area (Å²) < 4.78 is 7.19. The van der Waals surface area contributed by atoms with Gasteiger partial charge in [0.15, 0.2) is 5.16 Å². The van der Waals surface area contributed by atoms with Crippen LogP contribution in [-0.4, -0.2) is 39.1 Å². The lowest BCUT2D eigenvalue weighted by molar-refractivity contribution is -0.121. The highest BCUT2D eigenvalue weighted by Crippen LogP contribution is 2.49. The third-order valence-corrected chi connectivity index (χ3v) is 7.36. The van der Waals surface area contributed by atoms with E-state index in [1.807, 2.05) is 35.8 Å². The van der Waals surface area contributed by atoms with Crippen molar-refractivity contribution < 1.29 is 9.53 Å². The fourth-order valence-corrected chi connectivity index (χ4v) is 5.66. The average Bonchev–Trinajstić information content (AvgIpc) is 3.45. The van der Waals surface area contributed by atoms with Crippen LogP contribution in [0, 0.1) is 17.8 Å². The Morgan fingerprint density at radius 1 is 1.32 bits per heavy atom. The van der Waals surface area contributed by atoms with Crippen LogP contribution in [0.5, 0.6) is 5.75 Å². The van der Waals surface area contributed by atoms with E-state index in [1.54, 1.807) is 13.4 Å². The molecule has 6 nitrogen and oxygen atoms in total. The number of carbonyl (C=O) groups excluding carboxylic acids is 1. The number of hydrogen-bond acceptors (Lipinski definition) is 5. The monoisotopic (exact) mass is 400 g/mol. The number of nitrogens with one attached hydrogen (secondary N) is 1. The number of hydrogen-bond donors (Lipinski definition) is 1. The Morgan fingerprint density at radius 3 is 2.89 bits per heavy atom. The van der Waals surface area contributed by atoms with Crippen molar-refractivity contribution in [1.29, 1.82) is 0 Å². The van der Waals surface area contributed by atoms with E-state index in [0.717, 1.165) is 23.3 Å². The van der Waals surface area contributed by atoms with Crippen LogP contribution in [0.25, 0.3) is 5.69 Å². The van der Waals surface area contributed by atoms with E-state index in [0.29, 0.717) is 11.1 Å². The second-order valence-electron chi connectivity index (χ2n) is 8.08. The first-order chi connectivity index (χ1) is 13.5. The molecule has 150 valence electrons. The topological polar surface area (TPSA) is 69.0 Å². The van der Waals surface area contributed by atoms with Gasteiger partial charge in [0.05, 0.1) is 18.0 Å². The molecule has 0 spiro atoms. The molecule has 5 atom stereocenters. The smallest absolute Gasteiger partial charge is 0.233 e. The molecule has 2 aliphatic carbocycles. The minimum Gasteiger partial charge on any atom is -0.497 e. The van der Waals surface area contributed by atoms with Gasteiger partial charge in [-0.1, -0.05) is 24.2 Å². The second kappa shape index (κ2) is 8.15. The molecule has 0 unspecified atom stereocenters. The van der Waals surface area contributed by atoms with Gasteiger partial charge < -0.3 is 10.1 Å². The first kappa shape index (κ1) is 19.3. The van der Waals surface area contributed by atoms with Crippen molar-refractivity contribution in [3.8, 4) is 11.4 Å². The van der Waals surface area contributed by atoms with Gasteiger partial charge in [-0.25, -0.2) is 0 Å². The van der Waals surface area contributed by atoms with Crippen LogP contribution >= 0.6 is 11.8 Å². The van der Waals surface area contributed by atoms with Gasteiger partial charge in [0.25, 0.3) is 0 Å². The van der Waals surface area contributed by atoms with E-state index in [9.17, 15) is 4.79 Å². The summed E-state index contributed by atoms with van der Waals surface area (Å²) in [6, 6.07) is 7.96. The molecule has 2 aliphatic rings. The molecule has 0 saturated heterocycles. The third kappa shape index (κ3) is 3.90. The fraction of sp³-hybridized carbons (Fsp3) is 0.571. The lowest BCUT2D eigenvalue weighted by Gasteiger charge is -2.29. The Morgan fingerprint density at radius 2 is 2.18 bits per heavy atom. The van der Waals surface area contributed by atoms with Crippen LogP contribution in [0.4, 0.5) is 0 Å². The van der Waals surface area contributed by atoms with Crippen LogP contribution in [-0.2, 0) is 4.79 Å². The number of nitrogens with zero attached hydrogens (tertiary/aromatic N) is 3. The van der Waals surface area contributed by atoms with Crippen molar-refractivity contribution in [3.05, 3.63) is 30.6 Å². The van der Waals surface area contributed by atoms with E-state index in [4.69, 9.17) is 4.74 Å². The highest BCUT2D eigenvalue weighted by Gasteiger charge is 2.42. The molecular weight excluding hydrogens is 372 g/mol. The number of rotatable bonds is 7. The van der Waals surface area contributed by atoms with Gasteiger partial charge >= 0.3 is 0 Å². The maximum absolute atomic E-state index is 12.8. The first-order valence-electron chi connectivity index (χ1n) is 10.1. The molecule has 28 heavy (non-hydrogen) atoms. The molecule has 2 fully saturated rings. The molecule has 1 aromatic carbocycles. The molecule has 2 bridgehead atoms. The van der Waals surface area contributed by atoms with Crippen molar-refractivity contribution in [2.75, 3.05) is 7.11 Å². The summed E-state index contributed by atoms with van der Waals surface area (Å²) in [7, 11) is 1.64. The number of thioether (sulfide) groups is 1. The van der Waals surface area contributed by atoms with E-state index in [2.05, 4.69) is 22.4 Å². The van der Waals surface area contributed by atoms with E-state index < -0.39 is 0 Å². The van der Waals surface area contributed by atoms with Crippen LogP contribution < -0.4 is 10.1 Å². The molecule has 4 rings (SSSR count). The fourth-order valence-electron chi connectivity index (χ4n) is 4.81. The minimum absolute atomic E-state index is 0.0699. The van der Waals surface area contributed by atoms with Gasteiger partial charge in [-0.05, 0) is 63.0 Å². The molecule has 2 aromatic rings. The first-order valence-corrected chi connectivity index (χ1v) is 10.9. The zero-order valence-electron chi connectivity index (χ0n) is 16.7. The zero-order valence-corrected chi connectivity index (χ0v) is 17.5. The zero-order chi connectivity index (χ0) is 19.7. The third-order valence-electron chi connectivity index (χ3n) is 6.30. The Hall–Kier alpha value is -2.02. The van der Waals surface area contributed by atoms with Gasteiger partial charge in [-0.2, -0.15) is 0 Å². The normalized spacial score (nSPS) is 25.5. The lowest BCUT2D eigenvalue weighted by Crippen LogP contribution is -2.43. The molecule has 0 aliphatic heterocycles. The van der Waals surface area contributed by atoms with Gasteiger partial charge in [-0.15, -0.1) is 10.2 Å². The lowest BCUT2D eigenvalue weighted by atomic mass is 9.84. The summed E-state index contributed by atoms with van der Waals surface area (Å²) in [5, 5.41) is 12.0. The van der Waals surface area contributed by atoms with Crippen LogP contribution in [0.2, 0.25) is 0 Å². The highest BCUT2D eigenvalue weighted by molar-refractivity contribution is 8.00. The Bertz CT molecular complexity index is 839. The molecule has 7 heteroatoms. The summed E-state index contributed by atoms with van der Waals surface area (Å²) >= 11 is 1.43. The Balaban J connectivity index is 1.39. The summed E-state index contributed by atoms with van der Waals surface area (Å²) in [6.45, 7) is 4.09. The molecule has 1 aromatic heterocycles. The predicted molar refractivity (Wildman–Crippen MR) is 110 cm³/mol. The number of benzene rings is 1. The molecule has 1 N–H and O–H groups in total. The number of fused-ring (bicyclic) bond motifs is 2. The standard InChI is InChI=1S/C21H28N4O2S/c1-13(19-10-15-7-8-16(19)9-15)23-20(26)14(2)28-21-24-22-12-25(21)17-5-4-6-18(11-17)27-3/h4-6,11-16,19H,7-10H2,1-3H3,(H,23,26)/t13-,14-,15+,16+,19+/m1/s1. The van der Waals surface area contributed by atoms with Gasteiger partial charge in [0, 0.05) is 12.1 Å². The molecule has 0 radical (unpaired) electrons. The minimum atomic E-state index is -0.241. The number of carbonyl (C=O) groups is 1. The second-order valence-corrected chi connectivity index (χ2v) is 9.39. The summed E-state index contributed by atoms with van der Waals surface area (Å²) in [5.41, 5.74) is 0.912. The summed E-state index contributed by atoms with van der Waals surface area (Å²) in [5.74, 6) is 3.18. The molecule has 2 saturated carbocycles. The van der Waals surface area contributed by atoms with Crippen molar-refractivity contribution in [2.24, 2.45) is 17.8 Å². The predicted octanol–water partition coefficient (Wildman–Crippen LogP) is 3.70. The average molecular weight is 401 g/mol. The van der Waals surface area contributed by atoms with Gasteiger partial charge in [0.2, 0.25) is 5.91 Å². The van der Waals surface area contributed by atoms with E-state index in [1.165, 1.54) is 37.4 Å². The summed E-state index contributed by atoms with van der Waals surface area (Å²) in [4.78, 5) is 12.8. The largest absolute Gasteiger partial charge is 0.497 e. The maximum atomic E-state index is 12.8. The number of methoxy groups -OCH3 is 1. The van der Waals surface area contributed by atoms with Crippen LogP contribution in [0.15, 0.2) is 35.7 Å². The highest BCUT2D eigenvalue weighted by atomic mass is 32.2. The molecule has 1 amide bonds. The summed E-state index contributed by atoms with van der Waals surface area (Å²) in [6.07, 6.45) is 7.02. The van der Waals surface area contributed by atoms with Crippen LogP contribution in [0.1, 0.15) is 39.5 Å². The Labute approximate surface area is 170 Å². The number of aromatic nitrogens is 3. The van der Waals surface area contributed by atoms with E-state index >= 15 is 0 Å². The van der Waals surface area contributed by atoms with Gasteiger partial charge in [-0.3, -0.25) is 9.36 Å². The number of amides is 1. The van der Waals surface area contributed by atoms with Crippen molar-refractivity contribution >= 4 is 17.7 Å². The number of ether oxygens (including phenoxy) is 1. The van der Waals surface area contributed by atoms with Crippen LogP contribution in [0.3, 0.4) is 0 Å². The van der Waals surface area contributed by atoms with Crippen molar-refractivity contribution in [1.82, 2.24) is 20.1 Å². The quantitative estimate of drug-likeness (QED) is 0.718. The van der Waals surface area contributed by atoms with Crippen molar-refractivity contribution in [2.45, 2.75) is 56.0 Å². The maximum Gasteiger partial charge on any atom is 0.233 e. The van der Waals surface area contributed by atoms with E-state index in [-0.39, 0.29) is 17.2 Å². The SMILES string of the molecule is COc1cccc(-n2cnnc2S[C@H](C)C(=O)N[C@H](C)[C@@H]2C[C@H]3CC[C@H]2C3)c1. The molecular formula is C21H28N4O2S. The molecule has 1 heterocycles. The van der Waals surface area contributed by atoms with Gasteiger partial charge in [0.1, 0.15) is 12.1 Å².